The van der Waals surface area contributed by atoms with Crippen LogP contribution < -0.4 is 0 Å². The molecule has 6 nitrogen and oxygen atoms in total. The van der Waals surface area contributed by atoms with Crippen LogP contribution in [0.4, 0.5) is 4.79 Å². The van der Waals surface area contributed by atoms with Gasteiger partial charge in [-0.25, -0.2) is 9.59 Å². The highest BCUT2D eigenvalue weighted by atomic mass is 32.2. The van der Waals surface area contributed by atoms with Gasteiger partial charge in [0.1, 0.15) is 11.2 Å². The van der Waals surface area contributed by atoms with E-state index in [1.54, 1.807) is 37.8 Å². The molecule has 1 aromatic rings. The molecule has 2 rings (SSSR count). The number of nitrogens with zero attached hydrogens (tertiary/aromatic N) is 1. The van der Waals surface area contributed by atoms with Gasteiger partial charge in [-0.15, -0.1) is 0 Å². The Morgan fingerprint density at radius 2 is 1.60 bits per heavy atom. The summed E-state index contributed by atoms with van der Waals surface area (Å²) in [5.41, 5.74) is 0.0429. The highest BCUT2D eigenvalue weighted by Gasteiger charge is 2.32. The number of likely N-dealkylation sites (tertiary alicyclic amines) is 1. The van der Waals surface area contributed by atoms with E-state index in [1.165, 1.54) is 17.8 Å². The summed E-state index contributed by atoms with van der Waals surface area (Å²) in [6, 6.07) is 9.02. The SMILES string of the molecule is CC(C)(C)OC(=O)/C=C1/CN(C(=O)OC(C)(C)C)CCC1SC(=O)c1ccccc1. The second kappa shape index (κ2) is 9.69. The number of amides is 1. The Kier molecular flexibility index (Phi) is 7.75. The lowest BCUT2D eigenvalue weighted by Gasteiger charge is -2.35. The van der Waals surface area contributed by atoms with Crippen LogP contribution in [0.25, 0.3) is 0 Å². The number of thioether (sulfide) groups is 1. The van der Waals surface area contributed by atoms with E-state index in [2.05, 4.69) is 0 Å². The predicted molar refractivity (Wildman–Crippen MR) is 119 cm³/mol. The standard InChI is InChI=1S/C23H31NO5S/c1-22(2,3)28-19(25)14-17-15-24(21(27)29-23(4,5)6)13-12-18(17)30-20(26)16-10-8-7-9-11-16/h7-11,14,18H,12-13,15H2,1-6H3/b17-14-. The third kappa shape index (κ3) is 7.86. The number of piperidine rings is 1. The van der Waals surface area contributed by atoms with Crippen LogP contribution in [0.2, 0.25) is 0 Å². The Hall–Kier alpha value is -2.28. The molecule has 0 aliphatic carbocycles. The van der Waals surface area contributed by atoms with Crippen LogP contribution in [-0.2, 0) is 14.3 Å². The summed E-state index contributed by atoms with van der Waals surface area (Å²) in [5.74, 6) is -0.485. The molecule has 0 bridgehead atoms. The van der Waals surface area contributed by atoms with E-state index in [0.29, 0.717) is 24.1 Å². The Morgan fingerprint density at radius 1 is 1.00 bits per heavy atom. The maximum atomic E-state index is 12.7. The summed E-state index contributed by atoms with van der Waals surface area (Å²) in [7, 11) is 0. The van der Waals surface area contributed by atoms with Crippen molar-refractivity contribution in [3.05, 3.63) is 47.5 Å². The molecule has 0 radical (unpaired) electrons. The monoisotopic (exact) mass is 433 g/mol. The fourth-order valence-corrected chi connectivity index (χ4v) is 3.92. The molecule has 1 aliphatic rings. The van der Waals surface area contributed by atoms with Crippen LogP contribution in [0.15, 0.2) is 42.0 Å². The molecule has 1 unspecified atom stereocenters. The minimum Gasteiger partial charge on any atom is -0.457 e. The van der Waals surface area contributed by atoms with Gasteiger partial charge in [0.25, 0.3) is 0 Å². The summed E-state index contributed by atoms with van der Waals surface area (Å²) in [4.78, 5) is 39.2. The van der Waals surface area contributed by atoms with Gasteiger partial charge in [-0.05, 0) is 53.5 Å². The van der Waals surface area contributed by atoms with Gasteiger partial charge in [0, 0.05) is 30.0 Å². The maximum Gasteiger partial charge on any atom is 0.410 e. The zero-order chi connectivity index (χ0) is 22.5. The molecule has 0 saturated carbocycles. The third-order valence-corrected chi connectivity index (χ3v) is 5.34. The lowest BCUT2D eigenvalue weighted by molar-refractivity contribution is -0.148. The van der Waals surface area contributed by atoms with Crippen molar-refractivity contribution in [1.29, 1.82) is 0 Å². The number of rotatable bonds is 3. The van der Waals surface area contributed by atoms with E-state index in [9.17, 15) is 14.4 Å². The first kappa shape index (κ1) is 24.0. The summed E-state index contributed by atoms with van der Waals surface area (Å²) < 4.78 is 10.9. The molecule has 1 aromatic carbocycles. The van der Waals surface area contributed by atoms with Gasteiger partial charge in [0.2, 0.25) is 5.12 Å². The molecule has 0 N–H and O–H groups in total. The van der Waals surface area contributed by atoms with Gasteiger partial charge in [0.15, 0.2) is 0 Å². The summed E-state index contributed by atoms with van der Waals surface area (Å²) in [5, 5.41) is -0.287. The van der Waals surface area contributed by atoms with Crippen molar-refractivity contribution in [2.45, 2.75) is 64.4 Å². The average Bonchev–Trinajstić information content (AvgIpc) is 2.60. The molecule has 1 amide bonds. The fourth-order valence-electron chi connectivity index (χ4n) is 2.87. The van der Waals surface area contributed by atoms with Crippen LogP contribution >= 0.6 is 11.8 Å². The molecule has 1 fully saturated rings. The topological polar surface area (TPSA) is 72.9 Å². The fraction of sp³-hybridized carbons (Fsp3) is 0.522. The Bertz CT molecular complexity index is 805. The minimum atomic E-state index is -0.629. The van der Waals surface area contributed by atoms with Crippen molar-refractivity contribution in [3.63, 3.8) is 0 Å². The number of hydrogen-bond acceptors (Lipinski definition) is 6. The van der Waals surface area contributed by atoms with Crippen molar-refractivity contribution in [3.8, 4) is 0 Å². The van der Waals surface area contributed by atoms with Crippen LogP contribution in [0.1, 0.15) is 58.3 Å². The number of esters is 1. The van der Waals surface area contributed by atoms with E-state index in [1.807, 2.05) is 39.0 Å². The number of carbonyl (C=O) groups is 3. The highest BCUT2D eigenvalue weighted by molar-refractivity contribution is 8.14. The van der Waals surface area contributed by atoms with E-state index in [0.717, 1.165) is 0 Å². The number of hydrogen-bond donors (Lipinski definition) is 0. The molecule has 0 aromatic heterocycles. The first-order valence-electron chi connectivity index (χ1n) is 10.0. The smallest absolute Gasteiger partial charge is 0.410 e. The third-order valence-electron chi connectivity index (χ3n) is 4.07. The average molecular weight is 434 g/mol. The van der Waals surface area contributed by atoms with Crippen molar-refractivity contribution in [1.82, 2.24) is 4.90 Å². The number of ether oxygens (including phenoxy) is 2. The van der Waals surface area contributed by atoms with Gasteiger partial charge >= 0.3 is 12.1 Å². The number of benzene rings is 1. The minimum absolute atomic E-state index is 0.0681. The lowest BCUT2D eigenvalue weighted by Crippen LogP contribution is -2.44. The van der Waals surface area contributed by atoms with E-state index in [4.69, 9.17) is 9.47 Å². The Balaban J connectivity index is 2.20. The quantitative estimate of drug-likeness (QED) is 0.502. The first-order chi connectivity index (χ1) is 13.8. The van der Waals surface area contributed by atoms with E-state index >= 15 is 0 Å². The molecule has 1 atom stereocenters. The van der Waals surface area contributed by atoms with Crippen molar-refractivity contribution in [2.75, 3.05) is 13.1 Å². The van der Waals surface area contributed by atoms with Gasteiger partial charge < -0.3 is 14.4 Å². The maximum absolute atomic E-state index is 12.7. The predicted octanol–water partition coefficient (Wildman–Crippen LogP) is 4.84. The van der Waals surface area contributed by atoms with Crippen LogP contribution in [-0.4, -0.2) is 51.6 Å². The van der Waals surface area contributed by atoms with Gasteiger partial charge in [0.05, 0.1) is 0 Å². The van der Waals surface area contributed by atoms with Crippen LogP contribution in [0, 0.1) is 0 Å². The largest absolute Gasteiger partial charge is 0.457 e. The van der Waals surface area contributed by atoms with Gasteiger partial charge in [-0.1, -0.05) is 42.1 Å². The Labute approximate surface area is 183 Å². The normalized spacial score (nSPS) is 18.8. The Morgan fingerprint density at radius 3 is 2.17 bits per heavy atom. The molecular formula is C23H31NO5S. The van der Waals surface area contributed by atoms with E-state index in [-0.39, 0.29) is 16.9 Å². The molecule has 164 valence electrons. The zero-order valence-corrected chi connectivity index (χ0v) is 19.4. The molecule has 30 heavy (non-hydrogen) atoms. The zero-order valence-electron chi connectivity index (χ0n) is 18.6. The number of carbonyl (C=O) groups excluding carboxylic acids is 3. The van der Waals surface area contributed by atoms with Gasteiger partial charge in [-0.3, -0.25) is 4.79 Å². The lowest BCUT2D eigenvalue weighted by atomic mass is 10.0. The second-order valence-electron chi connectivity index (χ2n) is 9.20. The summed E-state index contributed by atoms with van der Waals surface area (Å²) >= 11 is 1.17. The molecule has 1 saturated heterocycles. The van der Waals surface area contributed by atoms with Gasteiger partial charge in [-0.2, -0.15) is 0 Å². The van der Waals surface area contributed by atoms with Crippen molar-refractivity contribution in [2.24, 2.45) is 0 Å². The molecule has 7 heteroatoms. The van der Waals surface area contributed by atoms with Crippen molar-refractivity contribution >= 4 is 28.9 Å². The van der Waals surface area contributed by atoms with E-state index < -0.39 is 23.3 Å². The molecule has 1 aliphatic heterocycles. The first-order valence-corrected chi connectivity index (χ1v) is 10.9. The summed E-state index contributed by atoms with van der Waals surface area (Å²) in [6.07, 6.45) is 1.52. The second-order valence-corrected chi connectivity index (χ2v) is 10.4. The summed E-state index contributed by atoms with van der Waals surface area (Å²) in [6.45, 7) is 11.5. The molecule has 1 heterocycles. The highest BCUT2D eigenvalue weighted by Crippen LogP contribution is 2.31. The molecule has 0 spiro atoms. The van der Waals surface area contributed by atoms with Crippen LogP contribution in [0.3, 0.4) is 0 Å². The molecular weight excluding hydrogens is 402 g/mol. The van der Waals surface area contributed by atoms with Crippen molar-refractivity contribution < 1.29 is 23.9 Å². The van der Waals surface area contributed by atoms with Crippen LogP contribution in [0.5, 0.6) is 0 Å².